The molecule has 2 N–H and O–H groups in total. The molecule has 7 heteroatoms. The molecule has 0 amide bonds. The maximum absolute atomic E-state index is 6.13. The first kappa shape index (κ1) is 18.6. The molecule has 0 radical (unpaired) electrons. The smallest absolute Gasteiger partial charge is 0.191 e. The maximum Gasteiger partial charge on any atom is 0.191 e. The highest BCUT2D eigenvalue weighted by Crippen LogP contribution is 2.29. The molecule has 0 saturated heterocycles. The van der Waals surface area contributed by atoms with Crippen molar-refractivity contribution in [3.05, 3.63) is 51.8 Å². The van der Waals surface area contributed by atoms with Gasteiger partial charge in [-0.05, 0) is 23.8 Å². The Bertz CT molecular complexity index is 722. The average molecular weight is 368 g/mol. The van der Waals surface area contributed by atoms with Crippen molar-refractivity contribution in [2.75, 3.05) is 13.6 Å². The number of hydrogen-bond donors (Lipinski definition) is 2. The molecule has 1 aromatic heterocycles. The summed E-state index contributed by atoms with van der Waals surface area (Å²) in [5.41, 5.74) is 2.08. The zero-order valence-corrected chi connectivity index (χ0v) is 15.9. The van der Waals surface area contributed by atoms with Crippen LogP contribution in [0.3, 0.4) is 0 Å². The lowest BCUT2D eigenvalue weighted by atomic mass is 9.84. The van der Waals surface area contributed by atoms with E-state index in [0.717, 1.165) is 17.2 Å². The number of guanidine groups is 1. The van der Waals surface area contributed by atoms with Gasteiger partial charge in [0.1, 0.15) is 0 Å². The van der Waals surface area contributed by atoms with E-state index >= 15 is 0 Å². The summed E-state index contributed by atoms with van der Waals surface area (Å²) in [4.78, 5) is 4.26. The molecule has 0 atom stereocenters. The highest BCUT2D eigenvalue weighted by atomic mass is 35.5. The second-order valence-electron chi connectivity index (χ2n) is 6.24. The van der Waals surface area contributed by atoms with Gasteiger partial charge in [0.2, 0.25) is 0 Å². The fourth-order valence-electron chi connectivity index (χ4n) is 2.29. The molecule has 0 fully saturated rings. The number of halogens is 2. The molecule has 2 aromatic rings. The topological polar surface area (TPSA) is 54.2 Å². The largest absolute Gasteiger partial charge is 0.356 e. The van der Waals surface area contributed by atoms with Crippen molar-refractivity contribution in [2.45, 2.75) is 25.8 Å². The van der Waals surface area contributed by atoms with Gasteiger partial charge >= 0.3 is 0 Å². The Hall–Kier alpha value is -1.72. The van der Waals surface area contributed by atoms with Crippen LogP contribution in [0.2, 0.25) is 10.0 Å². The normalized spacial score (nSPS) is 12.3. The predicted octanol–water partition coefficient (Wildman–Crippen LogP) is 3.37. The number of aliphatic imine (C=N–C) groups is 1. The van der Waals surface area contributed by atoms with E-state index in [2.05, 4.69) is 34.6 Å². The van der Waals surface area contributed by atoms with E-state index < -0.39 is 0 Å². The standard InChI is InChI=1S/C17H23Cl2N5/c1-17(2,12-5-6-14(18)15(19)9-12)11-22-16(20-3)21-10-13-7-8-23-24(13)4/h5-9H,10-11H2,1-4H3,(H2,20,21,22). The van der Waals surface area contributed by atoms with Crippen molar-refractivity contribution in [1.29, 1.82) is 0 Å². The molecular weight excluding hydrogens is 345 g/mol. The van der Waals surface area contributed by atoms with Gasteiger partial charge in [-0.3, -0.25) is 9.67 Å². The Labute approximate surface area is 153 Å². The van der Waals surface area contributed by atoms with Crippen LogP contribution >= 0.6 is 23.2 Å². The molecule has 1 heterocycles. The second-order valence-corrected chi connectivity index (χ2v) is 7.05. The Kier molecular flexibility index (Phi) is 6.13. The van der Waals surface area contributed by atoms with E-state index in [1.165, 1.54) is 0 Å². The van der Waals surface area contributed by atoms with Gasteiger partial charge in [-0.2, -0.15) is 5.10 Å². The fourth-order valence-corrected chi connectivity index (χ4v) is 2.59. The zero-order chi connectivity index (χ0) is 17.7. The minimum Gasteiger partial charge on any atom is -0.356 e. The van der Waals surface area contributed by atoms with E-state index in [-0.39, 0.29) is 5.41 Å². The first-order valence-corrected chi connectivity index (χ1v) is 8.46. The molecule has 2 rings (SSSR count). The summed E-state index contributed by atoms with van der Waals surface area (Å²) in [6.07, 6.45) is 1.78. The minimum absolute atomic E-state index is 0.127. The van der Waals surface area contributed by atoms with Gasteiger partial charge in [-0.15, -0.1) is 0 Å². The van der Waals surface area contributed by atoms with E-state index in [9.17, 15) is 0 Å². The average Bonchev–Trinajstić information content (AvgIpc) is 2.95. The minimum atomic E-state index is -0.127. The van der Waals surface area contributed by atoms with Crippen molar-refractivity contribution < 1.29 is 0 Å². The number of aromatic nitrogens is 2. The molecule has 0 aliphatic heterocycles. The van der Waals surface area contributed by atoms with Crippen molar-refractivity contribution in [3.63, 3.8) is 0 Å². The van der Waals surface area contributed by atoms with Crippen LogP contribution in [-0.4, -0.2) is 29.3 Å². The van der Waals surface area contributed by atoms with E-state index in [4.69, 9.17) is 23.2 Å². The summed E-state index contributed by atoms with van der Waals surface area (Å²) in [5.74, 6) is 0.740. The van der Waals surface area contributed by atoms with Crippen molar-refractivity contribution in [2.24, 2.45) is 12.0 Å². The first-order valence-electron chi connectivity index (χ1n) is 7.70. The molecule has 0 aliphatic carbocycles. The Morgan fingerprint density at radius 1 is 1.21 bits per heavy atom. The van der Waals surface area contributed by atoms with Crippen LogP contribution in [0.4, 0.5) is 0 Å². The molecule has 0 aliphatic rings. The van der Waals surface area contributed by atoms with Crippen LogP contribution in [0.15, 0.2) is 35.5 Å². The van der Waals surface area contributed by atoms with Gasteiger partial charge in [-0.25, -0.2) is 0 Å². The first-order chi connectivity index (χ1) is 11.3. The van der Waals surface area contributed by atoms with Crippen molar-refractivity contribution >= 4 is 29.2 Å². The summed E-state index contributed by atoms with van der Waals surface area (Å²) in [7, 11) is 3.67. The van der Waals surface area contributed by atoms with Crippen LogP contribution in [0, 0.1) is 0 Å². The molecule has 0 bridgehead atoms. The lowest BCUT2D eigenvalue weighted by Gasteiger charge is -2.27. The quantitative estimate of drug-likeness (QED) is 0.629. The van der Waals surface area contributed by atoms with Crippen LogP contribution in [0.25, 0.3) is 0 Å². The Morgan fingerprint density at radius 3 is 2.54 bits per heavy atom. The third kappa shape index (κ3) is 4.65. The number of aryl methyl sites for hydroxylation is 1. The lowest BCUT2D eigenvalue weighted by molar-refractivity contribution is 0.508. The molecule has 1 aromatic carbocycles. The number of nitrogens with one attached hydrogen (secondary N) is 2. The van der Waals surface area contributed by atoms with Crippen LogP contribution in [0.1, 0.15) is 25.1 Å². The lowest BCUT2D eigenvalue weighted by Crippen LogP contribution is -2.43. The number of benzene rings is 1. The second kappa shape index (κ2) is 7.90. The van der Waals surface area contributed by atoms with Crippen LogP contribution in [0.5, 0.6) is 0 Å². The van der Waals surface area contributed by atoms with Crippen LogP contribution in [-0.2, 0) is 19.0 Å². The zero-order valence-electron chi connectivity index (χ0n) is 14.4. The fraction of sp³-hybridized carbons (Fsp3) is 0.412. The summed E-state index contributed by atoms with van der Waals surface area (Å²) < 4.78 is 1.83. The van der Waals surface area contributed by atoms with Gasteiger partial charge in [0, 0.05) is 32.3 Å². The van der Waals surface area contributed by atoms with E-state index in [1.54, 1.807) is 13.2 Å². The molecule has 0 saturated carbocycles. The van der Waals surface area contributed by atoms with Gasteiger partial charge < -0.3 is 10.6 Å². The van der Waals surface area contributed by atoms with Crippen LogP contribution < -0.4 is 10.6 Å². The highest BCUT2D eigenvalue weighted by molar-refractivity contribution is 6.42. The third-order valence-corrected chi connectivity index (χ3v) is 4.72. The van der Waals surface area contributed by atoms with Gasteiger partial charge in [-0.1, -0.05) is 43.1 Å². The number of hydrogen-bond acceptors (Lipinski definition) is 2. The van der Waals surface area contributed by atoms with E-state index in [1.807, 2.05) is 36.0 Å². The maximum atomic E-state index is 6.13. The van der Waals surface area contributed by atoms with Gasteiger partial charge in [0.05, 0.1) is 22.3 Å². The summed E-state index contributed by atoms with van der Waals surface area (Å²) in [6, 6.07) is 7.72. The molecular formula is C17H23Cl2N5. The molecule has 5 nitrogen and oxygen atoms in total. The SMILES string of the molecule is CN=C(NCc1ccnn1C)NCC(C)(C)c1ccc(Cl)c(Cl)c1. The molecule has 130 valence electrons. The molecule has 24 heavy (non-hydrogen) atoms. The predicted molar refractivity (Wildman–Crippen MR) is 101 cm³/mol. The van der Waals surface area contributed by atoms with Crippen molar-refractivity contribution in [3.8, 4) is 0 Å². The Balaban J connectivity index is 1.96. The molecule has 0 unspecified atom stereocenters. The number of nitrogens with zero attached hydrogens (tertiary/aromatic N) is 3. The highest BCUT2D eigenvalue weighted by Gasteiger charge is 2.22. The van der Waals surface area contributed by atoms with Gasteiger partial charge in [0.25, 0.3) is 0 Å². The Morgan fingerprint density at radius 2 is 1.96 bits per heavy atom. The van der Waals surface area contributed by atoms with E-state index in [0.29, 0.717) is 23.1 Å². The summed E-state index contributed by atoms with van der Waals surface area (Å²) in [5, 5.41) is 11.9. The molecule has 0 spiro atoms. The van der Waals surface area contributed by atoms with Crippen molar-refractivity contribution in [1.82, 2.24) is 20.4 Å². The summed E-state index contributed by atoms with van der Waals surface area (Å²) >= 11 is 12.1. The monoisotopic (exact) mass is 367 g/mol. The summed E-state index contributed by atoms with van der Waals surface area (Å²) in [6.45, 7) is 5.65. The number of rotatable bonds is 5. The van der Waals surface area contributed by atoms with Gasteiger partial charge in [0.15, 0.2) is 5.96 Å². The third-order valence-electron chi connectivity index (χ3n) is 3.98.